The van der Waals surface area contributed by atoms with Gasteiger partial charge in [-0.3, -0.25) is 4.68 Å². The smallest absolute Gasteiger partial charge is 0.194 e. The molecule has 3 nitrogen and oxygen atoms in total. The zero-order valence-corrected chi connectivity index (χ0v) is 12.3. The standard InChI is InChI=1S/C14H14ClF3N2O/c1-3-10-13(15)11(20(2)19-10)6-12(21)7-4-8(16)14(18)9(17)5-7/h4-5,12,21H,3,6H2,1-2H3. The van der Waals surface area contributed by atoms with Gasteiger partial charge in [0.2, 0.25) is 0 Å². The predicted molar refractivity (Wildman–Crippen MR) is 72.6 cm³/mol. The predicted octanol–water partition coefficient (Wildman–Crippen LogP) is 3.33. The summed E-state index contributed by atoms with van der Waals surface area (Å²) in [6.45, 7) is 1.89. The Labute approximate surface area is 125 Å². The van der Waals surface area contributed by atoms with Crippen LogP contribution in [-0.4, -0.2) is 14.9 Å². The molecule has 21 heavy (non-hydrogen) atoms. The van der Waals surface area contributed by atoms with Crippen molar-refractivity contribution in [3.63, 3.8) is 0 Å². The summed E-state index contributed by atoms with van der Waals surface area (Å²) >= 11 is 6.15. The molecule has 0 saturated carbocycles. The SMILES string of the molecule is CCc1nn(C)c(CC(O)c2cc(F)c(F)c(F)c2)c1Cl. The van der Waals surface area contributed by atoms with Gasteiger partial charge in [-0.1, -0.05) is 18.5 Å². The van der Waals surface area contributed by atoms with Gasteiger partial charge in [0.1, 0.15) is 0 Å². The van der Waals surface area contributed by atoms with Crippen molar-refractivity contribution in [1.29, 1.82) is 0 Å². The Morgan fingerprint density at radius 2 is 1.86 bits per heavy atom. The van der Waals surface area contributed by atoms with E-state index < -0.39 is 23.6 Å². The molecule has 1 atom stereocenters. The van der Waals surface area contributed by atoms with E-state index in [9.17, 15) is 18.3 Å². The van der Waals surface area contributed by atoms with Gasteiger partial charge in [-0.25, -0.2) is 13.2 Å². The number of aliphatic hydroxyl groups excluding tert-OH is 1. The number of benzene rings is 1. The van der Waals surface area contributed by atoms with Gasteiger partial charge in [0.25, 0.3) is 0 Å². The fourth-order valence-corrected chi connectivity index (χ4v) is 2.48. The number of aromatic nitrogens is 2. The lowest BCUT2D eigenvalue weighted by molar-refractivity contribution is 0.174. The minimum absolute atomic E-state index is 0.0207. The van der Waals surface area contributed by atoms with Crippen LogP contribution in [0.15, 0.2) is 12.1 Å². The third-order valence-electron chi connectivity index (χ3n) is 3.28. The molecule has 0 saturated heterocycles. The molecular formula is C14H14ClF3N2O. The van der Waals surface area contributed by atoms with Crippen molar-refractivity contribution < 1.29 is 18.3 Å². The Hall–Kier alpha value is -1.53. The average molecular weight is 319 g/mol. The van der Waals surface area contributed by atoms with Crippen LogP contribution in [0.2, 0.25) is 5.02 Å². The summed E-state index contributed by atoms with van der Waals surface area (Å²) in [5, 5.41) is 14.7. The fraction of sp³-hybridized carbons (Fsp3) is 0.357. The highest BCUT2D eigenvalue weighted by atomic mass is 35.5. The summed E-state index contributed by atoms with van der Waals surface area (Å²) in [6, 6.07) is 1.54. The van der Waals surface area contributed by atoms with Crippen LogP contribution in [0.5, 0.6) is 0 Å². The van der Waals surface area contributed by atoms with Gasteiger partial charge < -0.3 is 5.11 Å². The quantitative estimate of drug-likeness (QED) is 0.878. The van der Waals surface area contributed by atoms with Crippen molar-refractivity contribution in [2.45, 2.75) is 25.9 Å². The zero-order chi connectivity index (χ0) is 15.7. The number of halogens is 4. The third kappa shape index (κ3) is 3.06. The zero-order valence-electron chi connectivity index (χ0n) is 11.5. The molecule has 0 spiro atoms. The summed E-state index contributed by atoms with van der Waals surface area (Å²) in [5.41, 5.74) is 1.17. The van der Waals surface area contributed by atoms with Gasteiger partial charge in [0, 0.05) is 13.5 Å². The maximum atomic E-state index is 13.2. The van der Waals surface area contributed by atoms with E-state index >= 15 is 0 Å². The minimum Gasteiger partial charge on any atom is -0.388 e. The van der Waals surface area contributed by atoms with Gasteiger partial charge in [-0.2, -0.15) is 5.10 Å². The first-order valence-electron chi connectivity index (χ1n) is 6.37. The summed E-state index contributed by atoms with van der Waals surface area (Å²) in [5.74, 6) is -4.23. The first-order valence-corrected chi connectivity index (χ1v) is 6.75. The number of rotatable bonds is 4. The van der Waals surface area contributed by atoms with E-state index in [2.05, 4.69) is 5.10 Å². The second kappa shape index (κ2) is 6.07. The summed E-state index contributed by atoms with van der Waals surface area (Å²) in [4.78, 5) is 0. The van der Waals surface area contributed by atoms with Gasteiger partial charge in [-0.05, 0) is 24.1 Å². The molecule has 1 aromatic heterocycles. The Morgan fingerprint density at radius 1 is 1.29 bits per heavy atom. The van der Waals surface area contributed by atoms with E-state index in [1.807, 2.05) is 6.92 Å². The molecule has 1 aromatic carbocycles. The number of hydrogen-bond acceptors (Lipinski definition) is 2. The maximum absolute atomic E-state index is 13.2. The Balaban J connectivity index is 2.30. The molecule has 1 heterocycles. The van der Waals surface area contributed by atoms with E-state index in [4.69, 9.17) is 11.6 Å². The molecule has 0 aliphatic carbocycles. The third-order valence-corrected chi connectivity index (χ3v) is 3.72. The van der Waals surface area contributed by atoms with Gasteiger partial charge in [0.05, 0.1) is 22.5 Å². The van der Waals surface area contributed by atoms with Crippen molar-refractivity contribution in [2.75, 3.05) is 0 Å². The minimum atomic E-state index is -1.56. The number of aliphatic hydroxyl groups is 1. The lowest BCUT2D eigenvalue weighted by Gasteiger charge is -2.12. The lowest BCUT2D eigenvalue weighted by atomic mass is 10.0. The van der Waals surface area contributed by atoms with Crippen molar-refractivity contribution in [3.05, 3.63) is 51.6 Å². The lowest BCUT2D eigenvalue weighted by Crippen LogP contribution is -2.08. The van der Waals surface area contributed by atoms with Crippen LogP contribution in [0, 0.1) is 17.5 Å². The summed E-state index contributed by atoms with van der Waals surface area (Å²) in [6.07, 6.45) is -0.567. The van der Waals surface area contributed by atoms with Crippen LogP contribution in [0.25, 0.3) is 0 Å². The second-order valence-electron chi connectivity index (χ2n) is 4.70. The highest BCUT2D eigenvalue weighted by Gasteiger charge is 2.20. The van der Waals surface area contributed by atoms with E-state index in [0.29, 0.717) is 22.8 Å². The Bertz CT molecular complexity index is 649. The second-order valence-corrected chi connectivity index (χ2v) is 5.08. The molecule has 1 unspecified atom stereocenters. The molecule has 2 aromatic rings. The Kier molecular flexibility index (Phi) is 4.58. The first kappa shape index (κ1) is 15.9. The van der Waals surface area contributed by atoms with Crippen molar-refractivity contribution in [3.8, 4) is 0 Å². The van der Waals surface area contributed by atoms with Crippen molar-refractivity contribution >= 4 is 11.6 Å². The molecule has 0 aliphatic rings. The average Bonchev–Trinajstić information content (AvgIpc) is 2.71. The molecule has 0 radical (unpaired) electrons. The van der Waals surface area contributed by atoms with E-state index in [1.54, 1.807) is 7.05 Å². The van der Waals surface area contributed by atoms with E-state index in [1.165, 1.54) is 4.68 Å². The molecule has 0 aliphatic heterocycles. The molecule has 1 N–H and O–H groups in total. The molecule has 0 fully saturated rings. The highest BCUT2D eigenvalue weighted by Crippen LogP contribution is 2.27. The van der Waals surface area contributed by atoms with Crippen LogP contribution in [0.1, 0.15) is 30.0 Å². The normalized spacial score (nSPS) is 12.7. The molecule has 0 bridgehead atoms. The Morgan fingerprint density at radius 3 is 2.33 bits per heavy atom. The molecule has 7 heteroatoms. The largest absolute Gasteiger partial charge is 0.388 e. The molecule has 0 amide bonds. The molecule has 114 valence electrons. The van der Waals surface area contributed by atoms with Gasteiger partial charge >= 0.3 is 0 Å². The van der Waals surface area contributed by atoms with Gasteiger partial charge in [-0.15, -0.1) is 0 Å². The first-order chi connectivity index (χ1) is 9.85. The van der Waals surface area contributed by atoms with E-state index in [-0.39, 0.29) is 12.0 Å². The van der Waals surface area contributed by atoms with Crippen LogP contribution in [-0.2, 0) is 19.9 Å². The van der Waals surface area contributed by atoms with Crippen molar-refractivity contribution in [1.82, 2.24) is 9.78 Å². The number of nitrogens with zero attached hydrogens (tertiary/aromatic N) is 2. The highest BCUT2D eigenvalue weighted by molar-refractivity contribution is 6.31. The maximum Gasteiger partial charge on any atom is 0.194 e. The number of aryl methyl sites for hydroxylation is 2. The molecule has 2 rings (SSSR count). The van der Waals surface area contributed by atoms with Crippen LogP contribution >= 0.6 is 11.6 Å². The van der Waals surface area contributed by atoms with Crippen LogP contribution in [0.3, 0.4) is 0 Å². The fourth-order valence-electron chi connectivity index (χ4n) is 2.11. The van der Waals surface area contributed by atoms with Crippen LogP contribution < -0.4 is 0 Å². The van der Waals surface area contributed by atoms with Crippen molar-refractivity contribution in [2.24, 2.45) is 7.05 Å². The van der Waals surface area contributed by atoms with Crippen LogP contribution in [0.4, 0.5) is 13.2 Å². The number of hydrogen-bond donors (Lipinski definition) is 1. The summed E-state index contributed by atoms with van der Waals surface area (Å²) in [7, 11) is 1.67. The topological polar surface area (TPSA) is 38.0 Å². The van der Waals surface area contributed by atoms with Gasteiger partial charge in [0.15, 0.2) is 17.5 Å². The monoisotopic (exact) mass is 318 g/mol. The molecular weight excluding hydrogens is 305 g/mol. The van der Waals surface area contributed by atoms with E-state index in [0.717, 1.165) is 12.1 Å². The summed E-state index contributed by atoms with van der Waals surface area (Å²) < 4.78 is 40.8.